The van der Waals surface area contributed by atoms with Crippen LogP contribution in [0.5, 0.6) is 5.75 Å². The monoisotopic (exact) mass is 501 g/mol. The van der Waals surface area contributed by atoms with E-state index >= 15 is 0 Å². The van der Waals surface area contributed by atoms with Crippen LogP contribution in [0.1, 0.15) is 48.2 Å². The Kier molecular flexibility index (Phi) is 6.80. The van der Waals surface area contributed by atoms with E-state index in [0.29, 0.717) is 31.1 Å². The van der Waals surface area contributed by atoms with Gasteiger partial charge < -0.3 is 14.6 Å². The van der Waals surface area contributed by atoms with Crippen LogP contribution < -0.4 is 4.74 Å². The molecule has 1 N–H and O–H groups in total. The summed E-state index contributed by atoms with van der Waals surface area (Å²) in [5.41, 5.74) is 1.75. The second-order valence-electron chi connectivity index (χ2n) is 9.71. The first-order chi connectivity index (χ1) is 17.3. The van der Waals surface area contributed by atoms with Crippen molar-refractivity contribution in [2.75, 3.05) is 33.4 Å². The smallest absolute Gasteiger partial charge is 0.450 e. The van der Waals surface area contributed by atoms with Gasteiger partial charge in [0.25, 0.3) is 0 Å². The van der Waals surface area contributed by atoms with E-state index in [9.17, 15) is 18.3 Å². The minimum atomic E-state index is -4.56. The lowest BCUT2D eigenvalue weighted by molar-refractivity contribution is -0.145. The van der Waals surface area contributed by atoms with Crippen molar-refractivity contribution in [1.29, 1.82) is 0 Å². The third-order valence-corrected chi connectivity index (χ3v) is 7.27. The Balaban J connectivity index is 1.34. The molecule has 3 unspecified atom stereocenters. The highest BCUT2D eigenvalue weighted by Crippen LogP contribution is 2.45. The molecule has 2 fully saturated rings. The summed E-state index contributed by atoms with van der Waals surface area (Å²) in [6, 6.07) is 14.7. The summed E-state index contributed by atoms with van der Waals surface area (Å²) in [5, 5.41) is 10.7. The zero-order valence-electron chi connectivity index (χ0n) is 20.1. The Morgan fingerprint density at radius 2 is 2.03 bits per heavy atom. The van der Waals surface area contributed by atoms with Crippen molar-refractivity contribution in [2.45, 2.75) is 43.1 Å². The number of rotatable bonds is 6. The van der Waals surface area contributed by atoms with E-state index in [4.69, 9.17) is 9.47 Å². The van der Waals surface area contributed by atoms with Crippen LogP contribution in [0.2, 0.25) is 0 Å². The standard InChI is InChI=1S/C27H30F3N3O3/c1-35-24-9-8-21(33-13-11-31-25(33)27(28,29)30)14-22(24)20-15-26(36-17-20)10-5-12-32(18-26)16-23(34)19-6-3-2-4-7-19/h2-4,6-9,11,13-14,20,23,34H,5,10,12,15-18H2,1H3. The molecule has 5 rings (SSSR count). The fourth-order valence-corrected chi connectivity index (χ4v) is 5.61. The van der Waals surface area contributed by atoms with Crippen LogP contribution in [0, 0.1) is 0 Å². The number of methoxy groups -OCH3 is 1. The number of ether oxygens (including phenoxy) is 2. The van der Waals surface area contributed by atoms with Gasteiger partial charge in [-0.05, 0) is 49.6 Å². The zero-order valence-corrected chi connectivity index (χ0v) is 20.1. The maximum absolute atomic E-state index is 13.4. The first kappa shape index (κ1) is 24.8. The van der Waals surface area contributed by atoms with Crippen LogP contribution >= 0.6 is 0 Å². The molecule has 2 aromatic carbocycles. The summed E-state index contributed by atoms with van der Waals surface area (Å²) in [4.78, 5) is 5.76. The molecule has 1 spiro atoms. The predicted molar refractivity (Wildman–Crippen MR) is 128 cm³/mol. The fourth-order valence-electron chi connectivity index (χ4n) is 5.61. The van der Waals surface area contributed by atoms with Crippen molar-refractivity contribution in [1.82, 2.24) is 14.5 Å². The lowest BCUT2D eigenvalue weighted by Crippen LogP contribution is -2.48. The van der Waals surface area contributed by atoms with Crippen LogP contribution in [-0.4, -0.2) is 58.5 Å². The minimum Gasteiger partial charge on any atom is -0.496 e. The van der Waals surface area contributed by atoms with Crippen molar-refractivity contribution in [3.63, 3.8) is 0 Å². The maximum Gasteiger partial charge on any atom is 0.450 e. The maximum atomic E-state index is 13.4. The number of aliphatic hydroxyl groups excluding tert-OH is 1. The SMILES string of the molecule is COc1ccc(-n2ccnc2C(F)(F)F)cc1C1COC2(CCCN(CC(O)c3ccccc3)C2)C1. The zero-order chi connectivity index (χ0) is 25.3. The summed E-state index contributed by atoms with van der Waals surface area (Å²) in [6.07, 6.45) is -0.0634. The van der Waals surface area contributed by atoms with E-state index in [0.717, 1.165) is 47.7 Å². The molecule has 2 saturated heterocycles. The quantitative estimate of drug-likeness (QED) is 0.517. The van der Waals surface area contributed by atoms with Gasteiger partial charge in [0.15, 0.2) is 0 Å². The van der Waals surface area contributed by atoms with Crippen LogP contribution in [0.25, 0.3) is 5.69 Å². The number of halogens is 3. The summed E-state index contributed by atoms with van der Waals surface area (Å²) in [5.74, 6) is -0.348. The molecular weight excluding hydrogens is 471 g/mol. The molecule has 0 bridgehead atoms. The van der Waals surface area contributed by atoms with Gasteiger partial charge in [-0.2, -0.15) is 13.2 Å². The van der Waals surface area contributed by atoms with Gasteiger partial charge in [-0.15, -0.1) is 0 Å². The Morgan fingerprint density at radius 3 is 2.78 bits per heavy atom. The van der Waals surface area contributed by atoms with Crippen molar-refractivity contribution >= 4 is 0 Å². The van der Waals surface area contributed by atoms with Crippen molar-refractivity contribution < 1.29 is 27.8 Å². The van der Waals surface area contributed by atoms with Crippen LogP contribution in [0.3, 0.4) is 0 Å². The fraction of sp³-hybridized carbons (Fsp3) is 0.444. The highest BCUT2D eigenvalue weighted by molar-refractivity contribution is 5.47. The summed E-state index contributed by atoms with van der Waals surface area (Å²) >= 11 is 0. The molecule has 3 aromatic rings. The second kappa shape index (κ2) is 9.88. The molecule has 6 nitrogen and oxygen atoms in total. The molecule has 2 aliphatic heterocycles. The topological polar surface area (TPSA) is 59.8 Å². The van der Waals surface area contributed by atoms with Gasteiger partial charge in [-0.25, -0.2) is 4.98 Å². The first-order valence-corrected chi connectivity index (χ1v) is 12.2. The van der Waals surface area contributed by atoms with E-state index in [1.165, 1.54) is 6.20 Å². The Morgan fingerprint density at radius 1 is 1.22 bits per heavy atom. The number of piperidine rings is 1. The second-order valence-corrected chi connectivity index (χ2v) is 9.71. The van der Waals surface area contributed by atoms with Crippen molar-refractivity contribution in [3.05, 3.63) is 77.9 Å². The van der Waals surface area contributed by atoms with Crippen molar-refractivity contribution in [3.8, 4) is 11.4 Å². The summed E-state index contributed by atoms with van der Waals surface area (Å²) < 4.78 is 53.3. The molecule has 0 radical (unpaired) electrons. The number of hydrogen-bond acceptors (Lipinski definition) is 5. The van der Waals surface area contributed by atoms with E-state index in [1.54, 1.807) is 25.3 Å². The van der Waals surface area contributed by atoms with Gasteiger partial charge in [-0.1, -0.05) is 30.3 Å². The number of likely N-dealkylation sites (tertiary alicyclic amines) is 1. The van der Waals surface area contributed by atoms with Gasteiger partial charge in [-0.3, -0.25) is 9.47 Å². The third kappa shape index (κ3) is 5.00. The predicted octanol–water partition coefficient (Wildman–Crippen LogP) is 4.97. The molecule has 36 heavy (non-hydrogen) atoms. The van der Waals surface area contributed by atoms with Gasteiger partial charge in [0.2, 0.25) is 5.82 Å². The average molecular weight is 502 g/mol. The minimum absolute atomic E-state index is 0.0169. The van der Waals surface area contributed by atoms with Gasteiger partial charge in [0.05, 0.1) is 25.4 Å². The molecule has 0 aliphatic carbocycles. The molecule has 192 valence electrons. The Labute approximate surface area is 208 Å². The highest BCUT2D eigenvalue weighted by Gasteiger charge is 2.45. The summed E-state index contributed by atoms with van der Waals surface area (Å²) in [6.45, 7) is 2.58. The van der Waals surface area contributed by atoms with E-state index in [2.05, 4.69) is 9.88 Å². The number of benzene rings is 2. The van der Waals surface area contributed by atoms with E-state index in [1.807, 2.05) is 30.3 Å². The number of aromatic nitrogens is 2. The number of β-amino-alcohol motifs (C(OH)–C–C–N with tert-alkyl or cyclic N) is 1. The number of aliphatic hydroxyl groups is 1. The number of hydrogen-bond donors (Lipinski definition) is 1. The normalized spacial score (nSPS) is 23.8. The number of imidazole rings is 1. The molecule has 1 aromatic heterocycles. The third-order valence-electron chi connectivity index (χ3n) is 7.27. The molecule has 3 heterocycles. The van der Waals surface area contributed by atoms with Crippen molar-refractivity contribution in [2.24, 2.45) is 0 Å². The lowest BCUT2D eigenvalue weighted by Gasteiger charge is -2.40. The van der Waals surface area contributed by atoms with E-state index < -0.39 is 18.1 Å². The number of nitrogens with zero attached hydrogens (tertiary/aromatic N) is 3. The molecule has 9 heteroatoms. The molecule has 0 amide bonds. The first-order valence-electron chi connectivity index (χ1n) is 12.2. The summed E-state index contributed by atoms with van der Waals surface area (Å²) in [7, 11) is 1.57. The number of alkyl halides is 3. The average Bonchev–Trinajstić information content (AvgIpc) is 3.52. The van der Waals surface area contributed by atoms with Gasteiger partial charge in [0, 0.05) is 42.7 Å². The molecule has 2 aliphatic rings. The highest BCUT2D eigenvalue weighted by atomic mass is 19.4. The molecule has 3 atom stereocenters. The van der Waals surface area contributed by atoms with Crippen LogP contribution in [0.4, 0.5) is 13.2 Å². The van der Waals surface area contributed by atoms with Crippen LogP contribution in [0.15, 0.2) is 60.9 Å². The molecule has 0 saturated carbocycles. The van der Waals surface area contributed by atoms with Gasteiger partial charge >= 0.3 is 6.18 Å². The lowest BCUT2D eigenvalue weighted by atomic mass is 9.83. The largest absolute Gasteiger partial charge is 0.496 e. The molecular formula is C27H30F3N3O3. The van der Waals surface area contributed by atoms with Crippen LogP contribution in [-0.2, 0) is 10.9 Å². The van der Waals surface area contributed by atoms with Gasteiger partial charge in [0.1, 0.15) is 5.75 Å². The van der Waals surface area contributed by atoms with E-state index in [-0.39, 0.29) is 11.5 Å². The Bertz CT molecular complexity index is 1180. The Hall–Kier alpha value is -2.88.